The molecule has 0 unspecified atom stereocenters. The molecule has 1 aromatic carbocycles. The zero-order chi connectivity index (χ0) is 14.9. The Labute approximate surface area is 125 Å². The molecule has 0 heterocycles. The van der Waals surface area contributed by atoms with Crippen LogP contribution in [0.5, 0.6) is 11.5 Å². The Hall–Kier alpha value is -1.91. The maximum atomic E-state index is 11.8. The third kappa shape index (κ3) is 3.06. The smallest absolute Gasteiger partial charge is 0.315 e. The van der Waals surface area contributed by atoms with Gasteiger partial charge in [0.2, 0.25) is 0 Å². The summed E-state index contributed by atoms with van der Waals surface area (Å²) in [4.78, 5) is 11.8. The summed E-state index contributed by atoms with van der Waals surface area (Å²) in [5.74, 6) is 1.47. The highest BCUT2D eigenvalue weighted by Gasteiger charge is 2.44. The zero-order valence-corrected chi connectivity index (χ0v) is 12.6. The average molecular weight is 290 g/mol. The lowest BCUT2D eigenvalue weighted by Crippen LogP contribution is -2.40. The fourth-order valence-corrected chi connectivity index (χ4v) is 2.60. The van der Waals surface area contributed by atoms with Crippen molar-refractivity contribution in [3.8, 4) is 11.5 Å². The molecular formula is C16H22N2O3. The molecule has 5 heteroatoms. The predicted molar refractivity (Wildman–Crippen MR) is 80.0 cm³/mol. The van der Waals surface area contributed by atoms with E-state index in [2.05, 4.69) is 16.7 Å². The van der Waals surface area contributed by atoms with Crippen LogP contribution in [0, 0.1) is 0 Å². The van der Waals surface area contributed by atoms with Crippen LogP contribution in [0.15, 0.2) is 18.2 Å². The first kappa shape index (κ1) is 14.0. The predicted octanol–water partition coefficient (Wildman–Crippen LogP) is 2.20. The van der Waals surface area contributed by atoms with Crippen LogP contribution in [0.3, 0.4) is 0 Å². The van der Waals surface area contributed by atoms with E-state index in [1.54, 1.807) is 14.2 Å². The number of ether oxygens (including phenoxy) is 2. The van der Waals surface area contributed by atoms with Crippen LogP contribution in [0.4, 0.5) is 4.79 Å². The van der Waals surface area contributed by atoms with E-state index in [1.807, 2.05) is 12.1 Å². The highest BCUT2D eigenvalue weighted by molar-refractivity contribution is 5.74. The van der Waals surface area contributed by atoms with Gasteiger partial charge in [-0.05, 0) is 43.4 Å². The van der Waals surface area contributed by atoms with E-state index < -0.39 is 0 Å². The molecule has 2 fully saturated rings. The average Bonchev–Trinajstić information content (AvgIpc) is 3.40. The molecule has 114 valence electrons. The van der Waals surface area contributed by atoms with Crippen molar-refractivity contribution >= 4 is 6.03 Å². The van der Waals surface area contributed by atoms with Gasteiger partial charge in [0.15, 0.2) is 11.5 Å². The van der Waals surface area contributed by atoms with Gasteiger partial charge in [-0.15, -0.1) is 0 Å². The normalized spacial score (nSPS) is 18.8. The second kappa shape index (κ2) is 5.47. The first-order chi connectivity index (χ1) is 10.2. The van der Waals surface area contributed by atoms with Gasteiger partial charge in [-0.2, -0.15) is 0 Å². The van der Waals surface area contributed by atoms with Crippen molar-refractivity contribution in [3.05, 3.63) is 23.8 Å². The lowest BCUT2D eigenvalue weighted by atomic mass is 9.95. The number of urea groups is 1. The van der Waals surface area contributed by atoms with Gasteiger partial charge in [0.25, 0.3) is 0 Å². The van der Waals surface area contributed by atoms with Crippen LogP contribution in [-0.4, -0.2) is 32.8 Å². The summed E-state index contributed by atoms with van der Waals surface area (Å²) in [6.07, 6.45) is 4.39. The largest absolute Gasteiger partial charge is 0.493 e. The minimum atomic E-state index is -0.0516. The van der Waals surface area contributed by atoms with Crippen molar-refractivity contribution in [2.75, 3.05) is 20.8 Å². The molecule has 0 bridgehead atoms. The molecule has 5 nitrogen and oxygen atoms in total. The molecule has 0 aromatic heterocycles. The lowest BCUT2D eigenvalue weighted by molar-refractivity contribution is 0.239. The molecule has 0 aliphatic heterocycles. The van der Waals surface area contributed by atoms with Crippen LogP contribution in [-0.2, 0) is 5.41 Å². The molecule has 2 saturated carbocycles. The highest BCUT2D eigenvalue weighted by atomic mass is 16.5. The molecule has 0 spiro atoms. The van der Waals surface area contributed by atoms with Gasteiger partial charge in [0, 0.05) is 18.0 Å². The quantitative estimate of drug-likeness (QED) is 0.844. The summed E-state index contributed by atoms with van der Waals surface area (Å²) in [6.45, 7) is 0.668. The fourth-order valence-electron chi connectivity index (χ4n) is 2.60. The number of carbonyl (C=O) groups excluding carboxylic acids is 1. The third-order valence-corrected chi connectivity index (χ3v) is 4.35. The molecule has 21 heavy (non-hydrogen) atoms. The molecule has 2 amide bonds. The Kier molecular flexibility index (Phi) is 3.66. The number of methoxy groups -OCH3 is 2. The van der Waals surface area contributed by atoms with Gasteiger partial charge in [0.05, 0.1) is 14.2 Å². The van der Waals surface area contributed by atoms with E-state index in [0.29, 0.717) is 12.6 Å². The standard InChI is InChI=1S/C16H22N2O3/c1-20-13-6-3-11(9-14(13)21-2)16(7-8-16)10-17-15(19)18-12-4-5-12/h3,6,9,12H,4-5,7-8,10H2,1-2H3,(H2,17,18,19). The number of rotatable bonds is 6. The first-order valence-corrected chi connectivity index (χ1v) is 7.44. The van der Waals surface area contributed by atoms with Crippen LogP contribution in [0.2, 0.25) is 0 Å². The summed E-state index contributed by atoms with van der Waals surface area (Å²) < 4.78 is 10.6. The molecule has 2 N–H and O–H groups in total. The third-order valence-electron chi connectivity index (χ3n) is 4.35. The van der Waals surface area contributed by atoms with Crippen LogP contribution >= 0.6 is 0 Å². The van der Waals surface area contributed by atoms with Gasteiger partial charge >= 0.3 is 6.03 Å². The van der Waals surface area contributed by atoms with Crippen molar-refractivity contribution < 1.29 is 14.3 Å². The van der Waals surface area contributed by atoms with E-state index >= 15 is 0 Å². The van der Waals surface area contributed by atoms with E-state index in [4.69, 9.17) is 9.47 Å². The van der Waals surface area contributed by atoms with Gasteiger partial charge < -0.3 is 20.1 Å². The molecule has 0 atom stereocenters. The van der Waals surface area contributed by atoms with E-state index in [9.17, 15) is 4.79 Å². The van der Waals surface area contributed by atoms with Crippen LogP contribution < -0.4 is 20.1 Å². The Balaban J connectivity index is 1.65. The fraction of sp³-hybridized carbons (Fsp3) is 0.562. The molecule has 1 aromatic rings. The second-order valence-electron chi connectivity index (χ2n) is 5.95. The minimum absolute atomic E-state index is 0.0516. The first-order valence-electron chi connectivity index (χ1n) is 7.44. The van der Waals surface area contributed by atoms with E-state index in [-0.39, 0.29) is 11.4 Å². The molecule has 2 aliphatic carbocycles. The van der Waals surface area contributed by atoms with Gasteiger partial charge in [-0.25, -0.2) is 4.79 Å². The summed E-state index contributed by atoms with van der Waals surface area (Å²) in [7, 11) is 3.27. The number of carbonyl (C=O) groups is 1. The highest BCUT2D eigenvalue weighted by Crippen LogP contribution is 2.49. The Morgan fingerprint density at radius 1 is 1.24 bits per heavy atom. The second-order valence-corrected chi connectivity index (χ2v) is 5.95. The van der Waals surface area contributed by atoms with Crippen LogP contribution in [0.1, 0.15) is 31.2 Å². The molecular weight excluding hydrogens is 268 g/mol. The van der Waals surface area contributed by atoms with Gasteiger partial charge in [-0.1, -0.05) is 6.07 Å². The summed E-state index contributed by atoms with van der Waals surface area (Å²) in [5.41, 5.74) is 1.26. The Morgan fingerprint density at radius 2 is 1.95 bits per heavy atom. The summed E-state index contributed by atoms with van der Waals surface area (Å²) >= 11 is 0. The van der Waals surface area contributed by atoms with Crippen molar-refractivity contribution in [1.82, 2.24) is 10.6 Å². The number of benzene rings is 1. The number of amides is 2. The zero-order valence-electron chi connectivity index (χ0n) is 12.6. The van der Waals surface area contributed by atoms with Gasteiger partial charge in [-0.3, -0.25) is 0 Å². The van der Waals surface area contributed by atoms with Crippen molar-refractivity contribution in [2.24, 2.45) is 0 Å². The van der Waals surface area contributed by atoms with E-state index in [0.717, 1.165) is 37.2 Å². The molecule has 0 saturated heterocycles. The van der Waals surface area contributed by atoms with Crippen molar-refractivity contribution in [3.63, 3.8) is 0 Å². The van der Waals surface area contributed by atoms with Crippen molar-refractivity contribution in [2.45, 2.75) is 37.1 Å². The molecule has 3 rings (SSSR count). The number of hydrogen-bond acceptors (Lipinski definition) is 3. The monoisotopic (exact) mass is 290 g/mol. The molecule has 0 radical (unpaired) electrons. The Bertz CT molecular complexity index is 536. The van der Waals surface area contributed by atoms with Crippen LogP contribution in [0.25, 0.3) is 0 Å². The minimum Gasteiger partial charge on any atom is -0.493 e. The Morgan fingerprint density at radius 3 is 2.52 bits per heavy atom. The number of hydrogen-bond donors (Lipinski definition) is 2. The SMILES string of the molecule is COc1ccc(C2(CNC(=O)NC3CC3)CC2)cc1OC. The summed E-state index contributed by atoms with van der Waals surface area (Å²) in [5, 5.41) is 5.95. The van der Waals surface area contributed by atoms with E-state index in [1.165, 1.54) is 5.56 Å². The maximum Gasteiger partial charge on any atom is 0.315 e. The summed E-state index contributed by atoms with van der Waals surface area (Å²) in [6, 6.07) is 6.35. The van der Waals surface area contributed by atoms with Crippen molar-refractivity contribution in [1.29, 1.82) is 0 Å². The topological polar surface area (TPSA) is 59.6 Å². The van der Waals surface area contributed by atoms with Gasteiger partial charge in [0.1, 0.15) is 0 Å². The molecule has 2 aliphatic rings. The lowest BCUT2D eigenvalue weighted by Gasteiger charge is -2.18. The maximum absolute atomic E-state index is 11.8. The number of nitrogens with one attached hydrogen (secondary N) is 2.